The Morgan fingerprint density at radius 3 is 2.23 bits per heavy atom. The fraction of sp³-hybridized carbons (Fsp3) is 0.174. The number of hydrogen-bond donors (Lipinski definition) is 1. The number of carbonyl (C=O) groups excluding carboxylic acids is 1. The van der Waals surface area contributed by atoms with Crippen molar-refractivity contribution >= 4 is 27.3 Å². The molecule has 1 N–H and O–H groups in total. The number of carbonyl (C=O) groups is 1. The third kappa shape index (κ3) is 4.80. The zero-order valence-corrected chi connectivity index (χ0v) is 18.6. The van der Waals surface area contributed by atoms with Crippen molar-refractivity contribution in [3.05, 3.63) is 72.3 Å². The molecule has 0 aromatic heterocycles. The lowest BCUT2D eigenvalue weighted by Crippen LogP contribution is -2.26. The zero-order chi connectivity index (χ0) is 22.6. The second kappa shape index (κ2) is 9.09. The first kappa shape index (κ1) is 22.2. The van der Waals surface area contributed by atoms with E-state index in [2.05, 4.69) is 5.32 Å². The van der Waals surface area contributed by atoms with Gasteiger partial charge in [-0.1, -0.05) is 42.5 Å². The molecule has 0 atom stereocenters. The van der Waals surface area contributed by atoms with E-state index >= 15 is 0 Å². The molecule has 3 aromatic rings. The first-order valence-electron chi connectivity index (χ1n) is 9.42. The van der Waals surface area contributed by atoms with E-state index in [0.717, 1.165) is 21.7 Å². The van der Waals surface area contributed by atoms with Crippen LogP contribution >= 0.6 is 0 Å². The second-order valence-corrected chi connectivity index (χ2v) is 8.84. The average Bonchev–Trinajstić information content (AvgIpc) is 2.77. The molecule has 0 aliphatic carbocycles. The molecule has 0 saturated heterocycles. The quantitative estimate of drug-likeness (QED) is 0.600. The Morgan fingerprint density at radius 2 is 1.61 bits per heavy atom. The maximum atomic E-state index is 13.1. The van der Waals surface area contributed by atoms with E-state index in [1.807, 2.05) is 36.4 Å². The minimum absolute atomic E-state index is 0.264. The van der Waals surface area contributed by atoms with Crippen LogP contribution in [0.4, 0.5) is 11.4 Å². The van der Waals surface area contributed by atoms with Gasteiger partial charge < -0.3 is 14.8 Å². The SMILES string of the molecule is COc1cccc(C(=O)Nc2cc(-c3ccccc3)ccc2N(C)S(C)(=O)=O)c1OC. The lowest BCUT2D eigenvalue weighted by molar-refractivity contribution is 0.102. The Kier molecular flexibility index (Phi) is 6.50. The fourth-order valence-corrected chi connectivity index (χ4v) is 3.67. The third-order valence-electron chi connectivity index (χ3n) is 4.84. The molecular formula is C23H24N2O5S. The van der Waals surface area contributed by atoms with Crippen LogP contribution in [0.15, 0.2) is 66.7 Å². The van der Waals surface area contributed by atoms with Gasteiger partial charge in [0.15, 0.2) is 11.5 Å². The molecule has 162 valence electrons. The molecule has 0 aliphatic rings. The Morgan fingerprint density at radius 1 is 0.903 bits per heavy atom. The standard InChI is InChI=1S/C23H24N2O5S/c1-25(31(4,27)28)20-14-13-17(16-9-6-5-7-10-16)15-19(20)24-23(26)18-11-8-12-21(29-2)22(18)30-3/h5-15H,1-4H3,(H,24,26). The van der Waals surface area contributed by atoms with E-state index in [-0.39, 0.29) is 5.56 Å². The van der Waals surface area contributed by atoms with Crippen LogP contribution in [0.3, 0.4) is 0 Å². The van der Waals surface area contributed by atoms with Gasteiger partial charge in [0, 0.05) is 7.05 Å². The maximum Gasteiger partial charge on any atom is 0.259 e. The molecule has 0 spiro atoms. The number of nitrogens with one attached hydrogen (secondary N) is 1. The fourth-order valence-electron chi connectivity index (χ4n) is 3.16. The maximum absolute atomic E-state index is 13.1. The van der Waals surface area contributed by atoms with Crippen LogP contribution in [0.1, 0.15) is 10.4 Å². The van der Waals surface area contributed by atoms with Gasteiger partial charge in [-0.3, -0.25) is 9.10 Å². The summed E-state index contributed by atoms with van der Waals surface area (Å²) in [6.07, 6.45) is 1.11. The van der Waals surface area contributed by atoms with Crippen molar-refractivity contribution in [3.8, 4) is 22.6 Å². The van der Waals surface area contributed by atoms with E-state index < -0.39 is 15.9 Å². The molecule has 31 heavy (non-hydrogen) atoms. The van der Waals surface area contributed by atoms with Gasteiger partial charge in [-0.15, -0.1) is 0 Å². The van der Waals surface area contributed by atoms with Gasteiger partial charge in [0.1, 0.15) is 0 Å². The van der Waals surface area contributed by atoms with Crippen molar-refractivity contribution in [2.45, 2.75) is 0 Å². The number of amides is 1. The Labute approximate surface area is 182 Å². The highest BCUT2D eigenvalue weighted by molar-refractivity contribution is 7.92. The highest BCUT2D eigenvalue weighted by Gasteiger charge is 2.21. The molecule has 0 unspecified atom stereocenters. The number of benzene rings is 3. The average molecular weight is 441 g/mol. The Bertz CT molecular complexity index is 1190. The normalized spacial score (nSPS) is 11.0. The number of hydrogen-bond acceptors (Lipinski definition) is 5. The van der Waals surface area contributed by atoms with Crippen LogP contribution in [0.25, 0.3) is 11.1 Å². The highest BCUT2D eigenvalue weighted by atomic mass is 32.2. The summed E-state index contributed by atoms with van der Waals surface area (Å²) in [4.78, 5) is 13.1. The summed E-state index contributed by atoms with van der Waals surface area (Å²) in [6.45, 7) is 0. The van der Waals surface area contributed by atoms with Gasteiger partial charge in [0.25, 0.3) is 5.91 Å². The summed E-state index contributed by atoms with van der Waals surface area (Å²) in [5, 5.41) is 2.84. The van der Waals surface area contributed by atoms with Crippen LogP contribution in [0.5, 0.6) is 11.5 Å². The largest absolute Gasteiger partial charge is 0.493 e. The summed E-state index contributed by atoms with van der Waals surface area (Å²) in [7, 11) is 0.837. The number of methoxy groups -OCH3 is 2. The van der Waals surface area contributed by atoms with Crippen molar-refractivity contribution in [2.75, 3.05) is 37.1 Å². The van der Waals surface area contributed by atoms with Crippen molar-refractivity contribution in [2.24, 2.45) is 0 Å². The minimum Gasteiger partial charge on any atom is -0.493 e. The molecule has 3 rings (SSSR count). The van der Waals surface area contributed by atoms with Gasteiger partial charge in [-0.25, -0.2) is 8.42 Å². The Balaban J connectivity index is 2.08. The number of ether oxygens (including phenoxy) is 2. The van der Waals surface area contributed by atoms with Crippen LogP contribution in [-0.2, 0) is 10.0 Å². The molecule has 3 aromatic carbocycles. The molecule has 0 radical (unpaired) electrons. The molecule has 0 aliphatic heterocycles. The molecule has 7 nitrogen and oxygen atoms in total. The molecule has 0 saturated carbocycles. The summed E-state index contributed by atoms with van der Waals surface area (Å²) in [6, 6.07) is 19.8. The molecule has 8 heteroatoms. The van der Waals surface area contributed by atoms with Crippen molar-refractivity contribution in [1.82, 2.24) is 0 Å². The van der Waals surface area contributed by atoms with Crippen molar-refractivity contribution in [3.63, 3.8) is 0 Å². The van der Waals surface area contributed by atoms with Crippen LogP contribution < -0.4 is 19.1 Å². The van der Waals surface area contributed by atoms with Gasteiger partial charge in [-0.2, -0.15) is 0 Å². The van der Waals surface area contributed by atoms with Crippen LogP contribution in [-0.4, -0.2) is 41.8 Å². The van der Waals surface area contributed by atoms with E-state index in [1.165, 1.54) is 21.3 Å². The van der Waals surface area contributed by atoms with Gasteiger partial charge >= 0.3 is 0 Å². The lowest BCUT2D eigenvalue weighted by atomic mass is 10.0. The molecule has 0 fully saturated rings. The second-order valence-electron chi connectivity index (χ2n) is 6.82. The molecule has 0 heterocycles. The summed E-state index contributed by atoms with van der Waals surface area (Å²) < 4.78 is 36.1. The summed E-state index contributed by atoms with van der Waals surface area (Å²) in [5.74, 6) is 0.255. The van der Waals surface area contributed by atoms with Crippen molar-refractivity contribution < 1.29 is 22.7 Å². The number of anilines is 2. The number of para-hydroxylation sites is 1. The minimum atomic E-state index is -3.54. The van der Waals surface area contributed by atoms with Gasteiger partial charge in [0.2, 0.25) is 10.0 Å². The van der Waals surface area contributed by atoms with E-state index in [9.17, 15) is 13.2 Å². The summed E-state index contributed by atoms with van der Waals surface area (Å²) >= 11 is 0. The van der Waals surface area contributed by atoms with E-state index in [1.54, 1.807) is 30.3 Å². The third-order valence-corrected chi connectivity index (χ3v) is 6.03. The van der Waals surface area contributed by atoms with Crippen LogP contribution in [0.2, 0.25) is 0 Å². The number of rotatable bonds is 7. The first-order valence-corrected chi connectivity index (χ1v) is 11.3. The van der Waals surface area contributed by atoms with Crippen LogP contribution in [0, 0.1) is 0 Å². The first-order chi connectivity index (χ1) is 14.8. The smallest absolute Gasteiger partial charge is 0.259 e. The molecule has 1 amide bonds. The summed E-state index contributed by atoms with van der Waals surface area (Å²) in [5.41, 5.74) is 2.73. The lowest BCUT2D eigenvalue weighted by Gasteiger charge is -2.22. The Hall–Kier alpha value is -3.52. The van der Waals surface area contributed by atoms with E-state index in [0.29, 0.717) is 22.9 Å². The molecule has 0 bridgehead atoms. The van der Waals surface area contributed by atoms with Crippen molar-refractivity contribution in [1.29, 1.82) is 0 Å². The van der Waals surface area contributed by atoms with Gasteiger partial charge in [0.05, 0.1) is 37.4 Å². The number of nitrogens with zero attached hydrogens (tertiary/aromatic N) is 1. The predicted molar refractivity (Wildman–Crippen MR) is 123 cm³/mol. The number of sulfonamides is 1. The zero-order valence-electron chi connectivity index (χ0n) is 17.7. The highest BCUT2D eigenvalue weighted by Crippen LogP contribution is 2.35. The molecular weight excluding hydrogens is 416 g/mol. The monoisotopic (exact) mass is 440 g/mol. The predicted octanol–water partition coefficient (Wildman–Crippen LogP) is 4.02. The van der Waals surface area contributed by atoms with Gasteiger partial charge in [-0.05, 0) is 35.4 Å². The van der Waals surface area contributed by atoms with E-state index in [4.69, 9.17) is 9.47 Å². The topological polar surface area (TPSA) is 84.9 Å².